The molecule has 1 saturated carbocycles. The van der Waals surface area contributed by atoms with E-state index >= 15 is 0 Å². The first-order chi connectivity index (χ1) is 16.6. The summed E-state index contributed by atoms with van der Waals surface area (Å²) in [5.74, 6) is -0.306. The lowest BCUT2D eigenvalue weighted by molar-refractivity contribution is -0.118. The number of hydrogen-bond acceptors (Lipinski definition) is 5. The normalized spacial score (nSPS) is 17.2. The number of pyridine rings is 1. The summed E-state index contributed by atoms with van der Waals surface area (Å²) in [6.07, 6.45) is 3.56. The Morgan fingerprint density at radius 2 is 1.88 bits per heavy atom. The first kappa shape index (κ1) is 20.6. The Hall–Kier alpha value is -4.04. The predicted octanol–water partition coefficient (Wildman–Crippen LogP) is 5.50. The van der Waals surface area contributed by atoms with Crippen LogP contribution in [0.5, 0.6) is 0 Å². The smallest absolute Gasteiger partial charge is 0.331 e. The molecule has 1 atom stereocenters. The minimum Gasteiger partial charge on any atom is -0.341 e. The Morgan fingerprint density at radius 1 is 1.06 bits per heavy atom. The SMILES string of the molecule is O=C(N[C@@H]1CCCC1=O)c1sc2nccc3c2c1NC(=O)N3c1cccc(-c2ccccc2)c1. The molecule has 3 heterocycles. The van der Waals surface area contributed by atoms with Crippen LogP contribution in [0.2, 0.25) is 0 Å². The molecular weight excluding hydrogens is 448 g/mol. The average molecular weight is 469 g/mol. The summed E-state index contributed by atoms with van der Waals surface area (Å²) in [5.41, 5.74) is 3.88. The zero-order valence-electron chi connectivity index (χ0n) is 18.1. The molecule has 2 aromatic heterocycles. The van der Waals surface area contributed by atoms with Gasteiger partial charge in [0.15, 0.2) is 5.78 Å². The molecule has 1 aliphatic heterocycles. The van der Waals surface area contributed by atoms with Crippen molar-refractivity contribution in [2.75, 3.05) is 10.2 Å². The van der Waals surface area contributed by atoms with Crippen LogP contribution in [0.25, 0.3) is 21.3 Å². The first-order valence-electron chi connectivity index (χ1n) is 11.1. The van der Waals surface area contributed by atoms with Gasteiger partial charge in [-0.1, -0.05) is 42.5 Å². The highest BCUT2D eigenvalue weighted by molar-refractivity contribution is 7.21. The molecule has 0 radical (unpaired) electrons. The third-order valence-corrected chi connectivity index (χ3v) is 7.37. The molecule has 8 heteroatoms. The topological polar surface area (TPSA) is 91.4 Å². The summed E-state index contributed by atoms with van der Waals surface area (Å²) in [7, 11) is 0. The molecular formula is C26H20N4O3S. The number of carbonyl (C=O) groups excluding carboxylic acids is 3. The van der Waals surface area contributed by atoms with Gasteiger partial charge in [-0.25, -0.2) is 9.78 Å². The number of aromatic nitrogens is 1. The van der Waals surface area contributed by atoms with Gasteiger partial charge in [-0.2, -0.15) is 0 Å². The number of anilines is 3. The Balaban J connectivity index is 1.42. The van der Waals surface area contributed by atoms with Crippen molar-refractivity contribution in [2.24, 2.45) is 0 Å². The van der Waals surface area contributed by atoms with Gasteiger partial charge in [-0.15, -0.1) is 11.3 Å². The lowest BCUT2D eigenvalue weighted by atomic mass is 10.0. The second-order valence-corrected chi connectivity index (χ2v) is 9.38. The molecule has 2 aromatic carbocycles. The van der Waals surface area contributed by atoms with Gasteiger partial charge in [0.1, 0.15) is 9.71 Å². The highest BCUT2D eigenvalue weighted by Gasteiger charge is 2.34. The van der Waals surface area contributed by atoms with Crippen LogP contribution in [0.3, 0.4) is 0 Å². The second-order valence-electron chi connectivity index (χ2n) is 8.38. The summed E-state index contributed by atoms with van der Waals surface area (Å²) >= 11 is 1.22. The number of Topliss-reactive ketones (excluding diaryl/α,β-unsaturated/α-hetero) is 1. The van der Waals surface area contributed by atoms with E-state index in [0.717, 1.165) is 22.9 Å². The van der Waals surface area contributed by atoms with Gasteiger partial charge in [-0.3, -0.25) is 14.5 Å². The van der Waals surface area contributed by atoms with Crippen LogP contribution in [0, 0.1) is 0 Å². The number of thiophene rings is 1. The van der Waals surface area contributed by atoms with Crippen LogP contribution in [0.4, 0.5) is 21.9 Å². The molecule has 4 aromatic rings. The van der Waals surface area contributed by atoms with Crippen LogP contribution < -0.4 is 15.5 Å². The molecule has 0 bridgehead atoms. The summed E-state index contributed by atoms with van der Waals surface area (Å²) in [5, 5.41) is 6.47. The first-order valence-corrected chi connectivity index (χ1v) is 11.9. The fourth-order valence-corrected chi connectivity index (χ4v) is 5.67. The van der Waals surface area contributed by atoms with Crippen molar-refractivity contribution < 1.29 is 14.4 Å². The fraction of sp³-hybridized carbons (Fsp3) is 0.154. The third-order valence-electron chi connectivity index (χ3n) is 6.27. The van der Waals surface area contributed by atoms with Crippen molar-refractivity contribution in [3.05, 3.63) is 71.7 Å². The highest BCUT2D eigenvalue weighted by atomic mass is 32.1. The predicted molar refractivity (Wildman–Crippen MR) is 133 cm³/mol. The zero-order chi connectivity index (χ0) is 23.2. The van der Waals surface area contributed by atoms with E-state index in [2.05, 4.69) is 15.6 Å². The van der Waals surface area contributed by atoms with Gasteiger partial charge in [0, 0.05) is 12.6 Å². The quantitative estimate of drug-likeness (QED) is 0.414. The molecule has 2 aliphatic rings. The number of urea groups is 1. The number of rotatable bonds is 4. The molecule has 34 heavy (non-hydrogen) atoms. The Kier molecular flexibility index (Phi) is 4.88. The van der Waals surface area contributed by atoms with E-state index in [9.17, 15) is 14.4 Å². The van der Waals surface area contributed by atoms with E-state index in [1.54, 1.807) is 17.2 Å². The molecule has 1 aliphatic carbocycles. The second kappa shape index (κ2) is 8.07. The molecule has 7 nitrogen and oxygen atoms in total. The molecule has 1 fully saturated rings. The van der Waals surface area contributed by atoms with E-state index in [4.69, 9.17) is 0 Å². The summed E-state index contributed by atoms with van der Waals surface area (Å²) in [6, 6.07) is 18.7. The van der Waals surface area contributed by atoms with Gasteiger partial charge in [0.2, 0.25) is 0 Å². The number of amides is 3. The lowest BCUT2D eigenvalue weighted by Crippen LogP contribution is -2.38. The molecule has 2 N–H and O–H groups in total. The van der Waals surface area contributed by atoms with Gasteiger partial charge in [0.25, 0.3) is 5.91 Å². The van der Waals surface area contributed by atoms with Crippen LogP contribution in [0.1, 0.15) is 28.9 Å². The van der Waals surface area contributed by atoms with E-state index in [1.165, 1.54) is 11.3 Å². The largest absolute Gasteiger partial charge is 0.341 e. The summed E-state index contributed by atoms with van der Waals surface area (Å²) in [6.45, 7) is 0. The Bertz CT molecular complexity index is 1460. The Morgan fingerprint density at radius 3 is 2.68 bits per heavy atom. The number of hydrogen-bond donors (Lipinski definition) is 2. The molecule has 168 valence electrons. The minimum absolute atomic E-state index is 0.0513. The average Bonchev–Trinajstić information content (AvgIpc) is 3.44. The molecule has 0 saturated heterocycles. The van der Waals surface area contributed by atoms with E-state index in [1.807, 2.05) is 54.6 Å². The van der Waals surface area contributed by atoms with Crippen molar-refractivity contribution in [3.8, 4) is 11.1 Å². The van der Waals surface area contributed by atoms with E-state index in [0.29, 0.717) is 39.6 Å². The van der Waals surface area contributed by atoms with Gasteiger partial charge < -0.3 is 10.6 Å². The van der Waals surface area contributed by atoms with Crippen molar-refractivity contribution in [1.82, 2.24) is 10.3 Å². The van der Waals surface area contributed by atoms with E-state index < -0.39 is 6.04 Å². The molecule has 3 amide bonds. The van der Waals surface area contributed by atoms with Gasteiger partial charge in [0.05, 0.1) is 28.5 Å². The van der Waals surface area contributed by atoms with Crippen LogP contribution in [0.15, 0.2) is 66.9 Å². The van der Waals surface area contributed by atoms with Crippen LogP contribution in [-0.4, -0.2) is 28.7 Å². The summed E-state index contributed by atoms with van der Waals surface area (Å²) < 4.78 is 0. The monoisotopic (exact) mass is 468 g/mol. The third kappa shape index (κ3) is 3.34. The van der Waals surface area contributed by atoms with Crippen molar-refractivity contribution in [3.63, 3.8) is 0 Å². The minimum atomic E-state index is -0.464. The van der Waals surface area contributed by atoms with E-state index in [-0.39, 0.29) is 17.7 Å². The number of carbonyl (C=O) groups is 3. The number of nitrogens with zero attached hydrogens (tertiary/aromatic N) is 2. The number of nitrogens with one attached hydrogen (secondary N) is 2. The molecule has 0 unspecified atom stereocenters. The highest BCUT2D eigenvalue weighted by Crippen LogP contribution is 2.46. The maximum Gasteiger partial charge on any atom is 0.331 e. The van der Waals surface area contributed by atoms with Gasteiger partial charge >= 0.3 is 6.03 Å². The standard InChI is InChI=1S/C26H20N4O3S/c31-20-11-5-10-18(20)28-24(32)23-22-21-19(12-13-27-25(21)34-23)30(26(33)29-22)17-9-4-8-16(14-17)15-6-2-1-3-7-15/h1-4,6-9,12-14,18H,5,10-11H2,(H,28,32)(H,29,33)/t18-/m1/s1. The maximum atomic E-state index is 13.3. The Labute approximate surface area is 199 Å². The number of benzene rings is 2. The zero-order valence-corrected chi connectivity index (χ0v) is 18.9. The fourth-order valence-electron chi connectivity index (χ4n) is 4.65. The molecule has 6 rings (SSSR count). The van der Waals surface area contributed by atoms with Gasteiger partial charge in [-0.05, 0) is 42.2 Å². The summed E-state index contributed by atoms with van der Waals surface area (Å²) in [4.78, 5) is 45.5. The lowest BCUT2D eigenvalue weighted by Gasteiger charge is -2.28. The molecule has 0 spiro atoms. The van der Waals surface area contributed by atoms with Crippen molar-refractivity contribution in [2.45, 2.75) is 25.3 Å². The van der Waals surface area contributed by atoms with Crippen molar-refractivity contribution >= 4 is 56.3 Å². The van der Waals surface area contributed by atoms with Crippen LogP contribution in [-0.2, 0) is 4.79 Å². The maximum absolute atomic E-state index is 13.3. The van der Waals surface area contributed by atoms with Crippen LogP contribution >= 0.6 is 11.3 Å². The number of ketones is 1. The van der Waals surface area contributed by atoms with Crippen molar-refractivity contribution in [1.29, 1.82) is 0 Å².